The maximum atomic E-state index is 14.5. The van der Waals surface area contributed by atoms with Crippen LogP contribution in [0.2, 0.25) is 0 Å². The molecule has 0 bridgehead atoms. The standard InChI is InChI=1S/C30H42F2N3O6P/c31-23-13-8-14-24(32)22(23)19-42(39,40)30-18-20(30)10-4-2-1-3-5-15-25(33-29(38)41-21-11-6-7-12-21)28(37)35-17-9-16-26(35)27(36)34-30/h8,13-14,20-21,25-26H,1-7,9-12,15-19H2,(H,33,38)(H,34,36)(H,39,40)/t20-,25+,26+,30+/m1/s1. The Balaban J connectivity index is 1.35. The molecular formula is C30H42F2N3O6P. The summed E-state index contributed by atoms with van der Waals surface area (Å²) in [6, 6.07) is 1.58. The predicted octanol–water partition coefficient (Wildman–Crippen LogP) is 5.34. The molecule has 2 aliphatic heterocycles. The Bertz CT molecular complexity index is 1210. The highest BCUT2D eigenvalue weighted by Gasteiger charge is 2.66. The highest BCUT2D eigenvalue weighted by molar-refractivity contribution is 7.59. The summed E-state index contributed by atoms with van der Waals surface area (Å²) >= 11 is 0. The van der Waals surface area contributed by atoms with Crippen LogP contribution in [0.1, 0.15) is 95.5 Å². The number of amides is 3. The van der Waals surface area contributed by atoms with Crippen LogP contribution >= 0.6 is 7.37 Å². The van der Waals surface area contributed by atoms with Gasteiger partial charge in [0.25, 0.3) is 0 Å². The lowest BCUT2D eigenvalue weighted by molar-refractivity contribution is -0.140. The average molecular weight is 610 g/mol. The van der Waals surface area contributed by atoms with Gasteiger partial charge in [-0.3, -0.25) is 14.2 Å². The summed E-state index contributed by atoms with van der Waals surface area (Å²) in [5.74, 6) is -3.03. The van der Waals surface area contributed by atoms with Gasteiger partial charge in [-0.05, 0) is 75.8 Å². The molecular weight excluding hydrogens is 567 g/mol. The summed E-state index contributed by atoms with van der Waals surface area (Å²) in [7, 11) is -4.34. The number of nitrogens with one attached hydrogen (secondary N) is 2. The van der Waals surface area contributed by atoms with Crippen LogP contribution in [0, 0.1) is 17.6 Å². The minimum atomic E-state index is -4.34. The van der Waals surface area contributed by atoms with Gasteiger partial charge in [-0.2, -0.15) is 0 Å². The van der Waals surface area contributed by atoms with Gasteiger partial charge >= 0.3 is 6.09 Å². The normalized spacial score (nSPS) is 30.7. The van der Waals surface area contributed by atoms with E-state index >= 15 is 0 Å². The molecule has 2 saturated carbocycles. The van der Waals surface area contributed by atoms with Gasteiger partial charge in [-0.25, -0.2) is 13.6 Å². The molecule has 2 aliphatic carbocycles. The minimum absolute atomic E-state index is 0.151. The summed E-state index contributed by atoms with van der Waals surface area (Å²) in [5.41, 5.74) is -0.468. The summed E-state index contributed by atoms with van der Waals surface area (Å²) in [4.78, 5) is 52.9. The Morgan fingerprint density at radius 2 is 1.64 bits per heavy atom. The number of rotatable bonds is 5. The van der Waals surface area contributed by atoms with Crippen molar-refractivity contribution in [3.8, 4) is 0 Å². The molecule has 0 spiro atoms. The number of hydrogen-bond acceptors (Lipinski definition) is 5. The molecule has 5 rings (SSSR count). The van der Waals surface area contributed by atoms with Crippen LogP contribution in [0.4, 0.5) is 13.6 Å². The molecule has 232 valence electrons. The van der Waals surface area contributed by atoms with Crippen molar-refractivity contribution < 1.29 is 37.4 Å². The zero-order chi connectivity index (χ0) is 29.9. The number of nitrogens with zero attached hydrogens (tertiary/aromatic N) is 1. The van der Waals surface area contributed by atoms with Crippen molar-refractivity contribution in [3.63, 3.8) is 0 Å². The topological polar surface area (TPSA) is 125 Å². The molecule has 1 aromatic carbocycles. The lowest BCUT2D eigenvalue weighted by Gasteiger charge is -2.32. The Morgan fingerprint density at radius 3 is 2.36 bits per heavy atom. The van der Waals surface area contributed by atoms with Gasteiger partial charge in [0.2, 0.25) is 19.2 Å². The Kier molecular flexibility index (Phi) is 9.57. The van der Waals surface area contributed by atoms with E-state index in [0.29, 0.717) is 32.2 Å². The van der Waals surface area contributed by atoms with Crippen molar-refractivity contribution in [1.82, 2.24) is 15.5 Å². The van der Waals surface area contributed by atoms with E-state index in [0.717, 1.165) is 69.9 Å². The number of halogens is 2. The number of carbonyl (C=O) groups is 3. The number of ether oxygens (including phenoxy) is 1. The van der Waals surface area contributed by atoms with E-state index in [9.17, 15) is 32.6 Å². The molecule has 12 heteroatoms. The molecule has 4 fully saturated rings. The van der Waals surface area contributed by atoms with Crippen molar-refractivity contribution in [2.75, 3.05) is 6.54 Å². The van der Waals surface area contributed by atoms with Crippen LogP contribution in [0.5, 0.6) is 0 Å². The van der Waals surface area contributed by atoms with Gasteiger partial charge in [0.1, 0.15) is 35.1 Å². The monoisotopic (exact) mass is 609 g/mol. The van der Waals surface area contributed by atoms with E-state index in [-0.39, 0.29) is 24.3 Å². The SMILES string of the molecule is O=C(N[C@H]1CCCCCCC[C@@H]2C[C@@]2(P(=O)(O)Cc2c(F)cccc2F)NC(=O)[C@@H]2CCCN2C1=O)OC1CCCC1. The van der Waals surface area contributed by atoms with Crippen molar-refractivity contribution >= 4 is 25.3 Å². The van der Waals surface area contributed by atoms with Crippen molar-refractivity contribution in [1.29, 1.82) is 0 Å². The fourth-order valence-corrected chi connectivity index (χ4v) is 9.53. The van der Waals surface area contributed by atoms with E-state index in [2.05, 4.69) is 10.6 Å². The first-order chi connectivity index (χ1) is 20.1. The van der Waals surface area contributed by atoms with Crippen LogP contribution in [0.3, 0.4) is 0 Å². The molecule has 42 heavy (non-hydrogen) atoms. The third kappa shape index (κ3) is 6.67. The molecule has 1 aromatic rings. The van der Waals surface area contributed by atoms with E-state index in [1.54, 1.807) is 0 Å². The Morgan fingerprint density at radius 1 is 1.00 bits per heavy atom. The highest BCUT2D eigenvalue weighted by Crippen LogP contribution is 2.71. The quantitative estimate of drug-likeness (QED) is 0.387. The van der Waals surface area contributed by atoms with Crippen molar-refractivity contribution in [2.24, 2.45) is 5.92 Å². The van der Waals surface area contributed by atoms with Crippen LogP contribution < -0.4 is 10.6 Å². The van der Waals surface area contributed by atoms with E-state index in [1.807, 2.05) is 0 Å². The molecule has 9 nitrogen and oxygen atoms in total. The lowest BCUT2D eigenvalue weighted by Crippen LogP contribution is -2.55. The summed E-state index contributed by atoms with van der Waals surface area (Å²) in [6.45, 7) is 0.320. The number of benzene rings is 1. The minimum Gasteiger partial charge on any atom is -0.446 e. The van der Waals surface area contributed by atoms with Crippen LogP contribution in [-0.4, -0.2) is 57.7 Å². The first-order valence-electron chi connectivity index (χ1n) is 15.5. The van der Waals surface area contributed by atoms with Gasteiger partial charge in [-0.15, -0.1) is 0 Å². The summed E-state index contributed by atoms with van der Waals surface area (Å²) in [6.07, 6.45) is 8.42. The number of alkyl carbamates (subject to hydrolysis) is 1. The van der Waals surface area contributed by atoms with E-state index in [1.165, 1.54) is 11.0 Å². The lowest BCUT2D eigenvalue weighted by atomic mass is 10.0. The molecule has 0 aromatic heterocycles. The molecule has 2 heterocycles. The largest absolute Gasteiger partial charge is 0.446 e. The molecule has 4 aliphatic rings. The van der Waals surface area contributed by atoms with E-state index in [4.69, 9.17) is 4.74 Å². The second-order valence-electron chi connectivity index (χ2n) is 12.4. The zero-order valence-corrected chi connectivity index (χ0v) is 24.9. The molecule has 2 saturated heterocycles. The molecule has 3 amide bonds. The number of carbonyl (C=O) groups excluding carboxylic acids is 3. The maximum absolute atomic E-state index is 14.5. The Hall–Kier alpha value is -2.52. The van der Waals surface area contributed by atoms with Crippen LogP contribution in [0.25, 0.3) is 0 Å². The second kappa shape index (κ2) is 13.0. The average Bonchev–Trinajstić information content (AvgIpc) is 3.27. The van der Waals surface area contributed by atoms with Gasteiger partial charge in [0, 0.05) is 12.1 Å². The third-order valence-corrected chi connectivity index (χ3v) is 12.2. The van der Waals surface area contributed by atoms with Crippen molar-refractivity contribution in [3.05, 3.63) is 35.4 Å². The van der Waals surface area contributed by atoms with Gasteiger partial charge in [-0.1, -0.05) is 38.2 Å². The smallest absolute Gasteiger partial charge is 0.408 e. The van der Waals surface area contributed by atoms with Crippen molar-refractivity contribution in [2.45, 2.75) is 120 Å². The highest BCUT2D eigenvalue weighted by atomic mass is 31.2. The molecule has 3 N–H and O–H groups in total. The second-order valence-corrected chi connectivity index (χ2v) is 14.9. The fourth-order valence-electron chi connectivity index (χ4n) is 7.03. The number of fused-ring (bicyclic) bond motifs is 2. The molecule has 5 atom stereocenters. The third-order valence-electron chi connectivity index (χ3n) is 9.52. The Labute approximate surface area is 245 Å². The predicted molar refractivity (Wildman–Crippen MR) is 152 cm³/mol. The van der Waals surface area contributed by atoms with Crippen LogP contribution in [-0.2, 0) is 25.1 Å². The van der Waals surface area contributed by atoms with Gasteiger partial charge < -0.3 is 25.2 Å². The van der Waals surface area contributed by atoms with Crippen LogP contribution in [0.15, 0.2) is 18.2 Å². The summed E-state index contributed by atoms with van der Waals surface area (Å²) in [5, 5.41) is 4.09. The molecule has 0 radical (unpaired) electrons. The summed E-state index contributed by atoms with van der Waals surface area (Å²) < 4.78 is 48.4. The van der Waals surface area contributed by atoms with Gasteiger partial charge in [0.05, 0.1) is 6.16 Å². The fraction of sp³-hybridized carbons (Fsp3) is 0.700. The number of hydrogen-bond donors (Lipinski definition) is 3. The first-order valence-corrected chi connectivity index (χ1v) is 17.3. The van der Waals surface area contributed by atoms with Gasteiger partial charge in [0.15, 0.2) is 0 Å². The van der Waals surface area contributed by atoms with E-state index < -0.39 is 60.1 Å². The zero-order valence-electron chi connectivity index (χ0n) is 24.0. The first kappa shape index (κ1) is 30.9. The molecule has 1 unspecified atom stereocenters. The maximum Gasteiger partial charge on any atom is 0.408 e.